The number of nitrogens with one attached hydrogen (secondary N) is 1. The maximum absolute atomic E-state index is 12.3. The van der Waals surface area contributed by atoms with Crippen LogP contribution in [0.4, 0.5) is 0 Å². The lowest BCUT2D eigenvalue weighted by Gasteiger charge is -2.17. The predicted molar refractivity (Wildman–Crippen MR) is 88.8 cm³/mol. The van der Waals surface area contributed by atoms with Gasteiger partial charge in [-0.3, -0.25) is 4.79 Å². The Kier molecular flexibility index (Phi) is 5.21. The molecule has 2 N–H and O–H groups in total. The standard InChI is InChI=1S/C18H21NO4/c1-4-16(18(21)22)19-17(20)11(2)12-5-6-14-10-15(23-3)8-7-13(14)9-12/h5-11,16H,4H2,1-3H3,(H,19,20)(H,21,22)/t11-,16?/m0/s1. The third-order valence-electron chi connectivity index (χ3n) is 3.99. The van der Waals surface area contributed by atoms with Crippen molar-refractivity contribution in [1.29, 1.82) is 0 Å². The summed E-state index contributed by atoms with van der Waals surface area (Å²) in [4.78, 5) is 23.3. The van der Waals surface area contributed by atoms with Crippen molar-refractivity contribution in [2.45, 2.75) is 32.2 Å². The molecule has 0 spiro atoms. The summed E-state index contributed by atoms with van der Waals surface area (Å²) in [7, 11) is 1.62. The van der Waals surface area contributed by atoms with Gasteiger partial charge in [0.1, 0.15) is 11.8 Å². The van der Waals surface area contributed by atoms with Crippen LogP contribution in [0, 0.1) is 0 Å². The van der Waals surface area contributed by atoms with Gasteiger partial charge in [0.05, 0.1) is 13.0 Å². The van der Waals surface area contributed by atoms with Gasteiger partial charge in [-0.2, -0.15) is 0 Å². The first-order valence-corrected chi connectivity index (χ1v) is 7.57. The molecule has 2 atom stereocenters. The van der Waals surface area contributed by atoms with E-state index in [4.69, 9.17) is 9.84 Å². The van der Waals surface area contributed by atoms with Crippen molar-refractivity contribution in [1.82, 2.24) is 5.32 Å². The van der Waals surface area contributed by atoms with Crippen LogP contribution >= 0.6 is 0 Å². The quantitative estimate of drug-likeness (QED) is 0.859. The highest BCUT2D eigenvalue weighted by molar-refractivity contribution is 5.90. The van der Waals surface area contributed by atoms with Crippen LogP contribution in [0.5, 0.6) is 5.75 Å². The molecular weight excluding hydrogens is 294 g/mol. The molecule has 0 saturated heterocycles. The summed E-state index contributed by atoms with van der Waals surface area (Å²) in [5, 5.41) is 13.6. The average Bonchev–Trinajstić information content (AvgIpc) is 2.57. The Hall–Kier alpha value is -2.56. The van der Waals surface area contributed by atoms with Gasteiger partial charge in [-0.25, -0.2) is 4.79 Å². The van der Waals surface area contributed by atoms with Crippen molar-refractivity contribution in [2.24, 2.45) is 0 Å². The highest BCUT2D eigenvalue weighted by atomic mass is 16.5. The van der Waals surface area contributed by atoms with Crippen LogP contribution in [0.2, 0.25) is 0 Å². The van der Waals surface area contributed by atoms with Crippen molar-refractivity contribution >= 4 is 22.6 Å². The number of aliphatic carboxylic acids is 1. The lowest BCUT2D eigenvalue weighted by Crippen LogP contribution is -2.42. The molecule has 2 aromatic rings. The van der Waals surface area contributed by atoms with Crippen LogP contribution in [0.3, 0.4) is 0 Å². The summed E-state index contributed by atoms with van der Waals surface area (Å²) in [6.07, 6.45) is 0.352. The van der Waals surface area contributed by atoms with Crippen LogP contribution in [0.1, 0.15) is 31.7 Å². The largest absolute Gasteiger partial charge is 0.497 e. The Morgan fingerprint density at radius 1 is 1.17 bits per heavy atom. The molecule has 0 saturated carbocycles. The molecule has 0 aliphatic rings. The molecule has 0 radical (unpaired) electrons. The normalized spacial score (nSPS) is 13.3. The molecule has 0 fully saturated rings. The van der Waals surface area contributed by atoms with E-state index in [1.165, 1.54) is 0 Å². The number of ether oxygens (including phenoxy) is 1. The second-order valence-electron chi connectivity index (χ2n) is 5.50. The summed E-state index contributed by atoms with van der Waals surface area (Å²) in [6, 6.07) is 10.7. The molecular formula is C18H21NO4. The van der Waals surface area contributed by atoms with Gasteiger partial charge in [-0.15, -0.1) is 0 Å². The van der Waals surface area contributed by atoms with E-state index in [-0.39, 0.29) is 5.91 Å². The molecule has 0 aliphatic heterocycles. The lowest BCUT2D eigenvalue weighted by molar-refractivity contribution is -0.142. The number of fused-ring (bicyclic) bond motifs is 1. The van der Waals surface area contributed by atoms with E-state index in [1.807, 2.05) is 36.4 Å². The second kappa shape index (κ2) is 7.13. The highest BCUT2D eigenvalue weighted by Gasteiger charge is 2.22. The minimum Gasteiger partial charge on any atom is -0.497 e. The SMILES string of the molecule is CCC(NC(=O)[C@@H](C)c1ccc2cc(OC)ccc2c1)C(=O)O. The van der Waals surface area contributed by atoms with Crippen molar-refractivity contribution < 1.29 is 19.4 Å². The monoisotopic (exact) mass is 315 g/mol. The van der Waals surface area contributed by atoms with Gasteiger partial charge in [0.2, 0.25) is 5.91 Å². The molecule has 0 aromatic heterocycles. The fourth-order valence-electron chi connectivity index (χ4n) is 2.43. The fraction of sp³-hybridized carbons (Fsp3) is 0.333. The molecule has 2 aromatic carbocycles. The van der Waals surface area contributed by atoms with Crippen molar-refractivity contribution in [3.8, 4) is 5.75 Å². The summed E-state index contributed by atoms with van der Waals surface area (Å²) >= 11 is 0. The maximum atomic E-state index is 12.3. The van der Waals surface area contributed by atoms with Gasteiger partial charge < -0.3 is 15.2 Å². The molecule has 0 bridgehead atoms. The number of carboxylic acid groups (broad SMARTS) is 1. The zero-order valence-corrected chi connectivity index (χ0v) is 13.5. The molecule has 122 valence electrons. The van der Waals surface area contributed by atoms with Crippen molar-refractivity contribution in [3.05, 3.63) is 42.0 Å². The van der Waals surface area contributed by atoms with Gasteiger partial charge in [-0.1, -0.05) is 31.2 Å². The first kappa shape index (κ1) is 16.8. The molecule has 1 amide bonds. The van der Waals surface area contributed by atoms with E-state index in [9.17, 15) is 9.59 Å². The third kappa shape index (κ3) is 3.80. The first-order chi connectivity index (χ1) is 11.0. The number of carbonyl (C=O) groups excluding carboxylic acids is 1. The first-order valence-electron chi connectivity index (χ1n) is 7.57. The number of carbonyl (C=O) groups is 2. The van der Waals surface area contributed by atoms with E-state index in [0.29, 0.717) is 6.42 Å². The summed E-state index contributed by atoms with van der Waals surface area (Å²) in [5.74, 6) is -0.941. The number of hydrogen-bond acceptors (Lipinski definition) is 3. The number of benzene rings is 2. The summed E-state index contributed by atoms with van der Waals surface area (Å²) in [5.41, 5.74) is 0.848. The Balaban J connectivity index is 2.21. The van der Waals surface area contributed by atoms with E-state index in [0.717, 1.165) is 22.1 Å². The van der Waals surface area contributed by atoms with Crippen LogP contribution in [0.25, 0.3) is 10.8 Å². The van der Waals surface area contributed by atoms with Gasteiger partial charge in [0.25, 0.3) is 0 Å². The smallest absolute Gasteiger partial charge is 0.326 e. The Morgan fingerprint density at radius 3 is 2.43 bits per heavy atom. The number of methoxy groups -OCH3 is 1. The average molecular weight is 315 g/mol. The minimum absolute atomic E-state index is 0.285. The molecule has 1 unspecified atom stereocenters. The molecule has 2 rings (SSSR count). The number of amides is 1. The molecule has 0 heterocycles. The number of rotatable bonds is 6. The molecule has 5 heteroatoms. The number of hydrogen-bond donors (Lipinski definition) is 2. The highest BCUT2D eigenvalue weighted by Crippen LogP contribution is 2.25. The molecule has 23 heavy (non-hydrogen) atoms. The zero-order chi connectivity index (χ0) is 17.0. The molecule has 5 nitrogen and oxygen atoms in total. The van der Waals surface area contributed by atoms with Gasteiger partial charge in [0, 0.05) is 0 Å². The lowest BCUT2D eigenvalue weighted by atomic mass is 9.96. The Labute approximate surface area is 135 Å². The van der Waals surface area contributed by atoms with E-state index >= 15 is 0 Å². The topological polar surface area (TPSA) is 75.6 Å². The van der Waals surface area contributed by atoms with E-state index in [2.05, 4.69) is 5.32 Å². The number of carboxylic acids is 1. The van der Waals surface area contributed by atoms with Crippen molar-refractivity contribution in [3.63, 3.8) is 0 Å². The van der Waals surface area contributed by atoms with Crippen molar-refractivity contribution in [2.75, 3.05) is 7.11 Å². The van der Waals surface area contributed by atoms with Crippen LogP contribution in [-0.4, -0.2) is 30.1 Å². The second-order valence-corrected chi connectivity index (χ2v) is 5.50. The van der Waals surface area contributed by atoms with E-state index < -0.39 is 17.9 Å². The maximum Gasteiger partial charge on any atom is 0.326 e. The zero-order valence-electron chi connectivity index (χ0n) is 13.5. The van der Waals surface area contributed by atoms with Gasteiger partial charge >= 0.3 is 5.97 Å². The minimum atomic E-state index is -1.02. The van der Waals surface area contributed by atoms with E-state index in [1.54, 1.807) is 21.0 Å². The van der Waals surface area contributed by atoms with Crippen LogP contribution in [-0.2, 0) is 9.59 Å². The Bertz CT molecular complexity index is 726. The van der Waals surface area contributed by atoms with Crippen LogP contribution < -0.4 is 10.1 Å². The fourth-order valence-corrected chi connectivity index (χ4v) is 2.43. The summed E-state index contributed by atoms with van der Waals surface area (Å²) in [6.45, 7) is 3.50. The van der Waals surface area contributed by atoms with Crippen LogP contribution in [0.15, 0.2) is 36.4 Å². The summed E-state index contributed by atoms with van der Waals surface area (Å²) < 4.78 is 5.20. The molecule has 0 aliphatic carbocycles. The Morgan fingerprint density at radius 2 is 1.83 bits per heavy atom. The van der Waals surface area contributed by atoms with Gasteiger partial charge in [0.15, 0.2) is 0 Å². The van der Waals surface area contributed by atoms with Gasteiger partial charge in [-0.05, 0) is 41.8 Å². The predicted octanol–water partition coefficient (Wildman–Crippen LogP) is 2.93. The third-order valence-corrected chi connectivity index (χ3v) is 3.99.